The number of nitrogens with one attached hydrogen (secondary N) is 1. The number of hydrogen-bond acceptors (Lipinski definition) is 4. The minimum atomic E-state index is -1.01. The monoisotopic (exact) mass is 199 g/mol. The van der Waals surface area contributed by atoms with Crippen molar-refractivity contribution in [3.8, 4) is 0 Å². The topological polar surface area (TPSA) is 83.5 Å². The molecule has 0 aromatic rings. The third-order valence-corrected chi connectivity index (χ3v) is 2.45. The smallest absolute Gasteiger partial charge is 0.308 e. The molecule has 1 saturated heterocycles. The third kappa shape index (κ3) is 2.63. The number of carbonyl (C=O) groups excluding carboxylic acids is 2. The van der Waals surface area contributed by atoms with Crippen LogP contribution in [0.5, 0.6) is 0 Å². The van der Waals surface area contributed by atoms with Crippen LogP contribution in [0.2, 0.25) is 0 Å². The summed E-state index contributed by atoms with van der Waals surface area (Å²) in [4.78, 5) is 31.8. The van der Waals surface area contributed by atoms with Crippen LogP contribution in [-0.2, 0) is 14.4 Å². The average Bonchev–Trinajstić information content (AvgIpc) is 2.65. The molecule has 0 aliphatic carbocycles. The molecule has 14 heavy (non-hydrogen) atoms. The molecule has 2 N–H and O–H groups in total. The molecule has 78 valence electrons. The second kappa shape index (κ2) is 4.85. The second-order valence-corrected chi connectivity index (χ2v) is 3.44. The molecule has 1 aliphatic heterocycles. The summed E-state index contributed by atoms with van der Waals surface area (Å²) in [5.74, 6) is -2.43. The van der Waals surface area contributed by atoms with Crippen LogP contribution in [0.25, 0.3) is 0 Å². The highest BCUT2D eigenvalue weighted by Crippen LogP contribution is 2.18. The zero-order chi connectivity index (χ0) is 10.6. The van der Waals surface area contributed by atoms with Crippen LogP contribution in [-0.4, -0.2) is 35.7 Å². The van der Waals surface area contributed by atoms with Gasteiger partial charge in [-0.15, -0.1) is 0 Å². The number of carbonyl (C=O) groups is 3. The molecule has 1 rings (SSSR count). The standard InChI is InChI=1S/C9H13NO4/c11-5-6(12)4-7(9(13)14)8-2-1-3-10-8/h5,7-8,10H,1-4H2,(H,13,14). The van der Waals surface area contributed by atoms with Gasteiger partial charge in [0.25, 0.3) is 0 Å². The van der Waals surface area contributed by atoms with E-state index in [0.29, 0.717) is 0 Å². The lowest BCUT2D eigenvalue weighted by Gasteiger charge is -2.17. The Bertz CT molecular complexity index is 245. The van der Waals surface area contributed by atoms with Gasteiger partial charge in [-0.1, -0.05) is 0 Å². The first-order valence-corrected chi connectivity index (χ1v) is 4.59. The molecular formula is C9H13NO4. The van der Waals surface area contributed by atoms with E-state index in [1.807, 2.05) is 0 Å². The molecule has 0 bridgehead atoms. The van der Waals surface area contributed by atoms with Gasteiger partial charge in [0.05, 0.1) is 5.92 Å². The van der Waals surface area contributed by atoms with Gasteiger partial charge in [0.15, 0.2) is 12.1 Å². The maximum Gasteiger partial charge on any atom is 0.308 e. The Balaban J connectivity index is 2.58. The van der Waals surface area contributed by atoms with E-state index in [4.69, 9.17) is 5.11 Å². The molecule has 0 aromatic carbocycles. The molecule has 2 atom stereocenters. The zero-order valence-corrected chi connectivity index (χ0v) is 7.73. The molecular weight excluding hydrogens is 186 g/mol. The lowest BCUT2D eigenvalue weighted by Crippen LogP contribution is -2.37. The molecule has 5 heteroatoms. The van der Waals surface area contributed by atoms with Gasteiger partial charge in [0.2, 0.25) is 0 Å². The summed E-state index contributed by atoms with van der Waals surface area (Å²) < 4.78 is 0. The van der Waals surface area contributed by atoms with E-state index in [2.05, 4.69) is 5.32 Å². The fraction of sp³-hybridized carbons (Fsp3) is 0.667. The maximum atomic E-state index is 10.8. The second-order valence-electron chi connectivity index (χ2n) is 3.44. The van der Waals surface area contributed by atoms with E-state index in [1.54, 1.807) is 0 Å². The van der Waals surface area contributed by atoms with Crippen molar-refractivity contribution in [2.75, 3.05) is 6.54 Å². The first kappa shape index (κ1) is 10.8. The van der Waals surface area contributed by atoms with Crippen LogP contribution in [0.1, 0.15) is 19.3 Å². The summed E-state index contributed by atoms with van der Waals surface area (Å²) in [6.07, 6.45) is 1.66. The Morgan fingerprint density at radius 1 is 1.57 bits per heavy atom. The summed E-state index contributed by atoms with van der Waals surface area (Å²) in [7, 11) is 0. The first-order valence-electron chi connectivity index (χ1n) is 4.59. The van der Waals surface area contributed by atoms with Crippen molar-refractivity contribution in [1.82, 2.24) is 5.32 Å². The Hall–Kier alpha value is -1.23. The van der Waals surface area contributed by atoms with Gasteiger partial charge in [-0.3, -0.25) is 14.4 Å². The van der Waals surface area contributed by atoms with Gasteiger partial charge in [-0.05, 0) is 19.4 Å². The number of Topliss-reactive ketones (excluding diaryl/α,β-unsaturated/α-hetero) is 1. The summed E-state index contributed by atoms with van der Waals surface area (Å²) in [5, 5.41) is 11.9. The van der Waals surface area contributed by atoms with E-state index in [9.17, 15) is 14.4 Å². The van der Waals surface area contributed by atoms with Crippen molar-refractivity contribution in [3.63, 3.8) is 0 Å². The molecule has 1 aliphatic rings. The van der Waals surface area contributed by atoms with Crippen LogP contribution >= 0.6 is 0 Å². The van der Waals surface area contributed by atoms with E-state index in [0.717, 1.165) is 19.4 Å². The highest BCUT2D eigenvalue weighted by atomic mass is 16.4. The van der Waals surface area contributed by atoms with Crippen molar-refractivity contribution in [2.24, 2.45) is 5.92 Å². The van der Waals surface area contributed by atoms with Crippen LogP contribution in [0.4, 0.5) is 0 Å². The lowest BCUT2D eigenvalue weighted by atomic mass is 9.93. The van der Waals surface area contributed by atoms with Crippen LogP contribution in [0.3, 0.4) is 0 Å². The number of aliphatic carboxylic acids is 1. The van der Waals surface area contributed by atoms with Crippen molar-refractivity contribution in [3.05, 3.63) is 0 Å². The number of carboxylic acid groups (broad SMARTS) is 1. The molecule has 5 nitrogen and oxygen atoms in total. The van der Waals surface area contributed by atoms with Crippen LogP contribution in [0.15, 0.2) is 0 Å². The molecule has 0 spiro atoms. The van der Waals surface area contributed by atoms with Crippen molar-refractivity contribution >= 4 is 18.0 Å². The molecule has 2 unspecified atom stereocenters. The quantitative estimate of drug-likeness (QED) is 0.465. The van der Waals surface area contributed by atoms with Crippen LogP contribution in [0, 0.1) is 5.92 Å². The van der Waals surface area contributed by atoms with Gasteiger partial charge < -0.3 is 10.4 Å². The zero-order valence-electron chi connectivity index (χ0n) is 7.73. The van der Waals surface area contributed by atoms with E-state index in [1.165, 1.54) is 0 Å². The molecule has 0 amide bonds. The third-order valence-electron chi connectivity index (χ3n) is 2.45. The van der Waals surface area contributed by atoms with Gasteiger partial charge in [0, 0.05) is 12.5 Å². The fourth-order valence-corrected chi connectivity index (χ4v) is 1.72. The average molecular weight is 199 g/mol. The normalized spacial score (nSPS) is 23.0. The highest BCUT2D eigenvalue weighted by molar-refractivity contribution is 6.25. The van der Waals surface area contributed by atoms with E-state index < -0.39 is 17.7 Å². The summed E-state index contributed by atoms with van der Waals surface area (Å²) >= 11 is 0. The van der Waals surface area contributed by atoms with Crippen molar-refractivity contribution < 1.29 is 19.5 Å². The summed E-state index contributed by atoms with van der Waals surface area (Å²) in [5.41, 5.74) is 0. The Morgan fingerprint density at radius 2 is 2.29 bits per heavy atom. The number of hydrogen-bond donors (Lipinski definition) is 2. The molecule has 1 fully saturated rings. The van der Waals surface area contributed by atoms with Gasteiger partial charge in [0.1, 0.15) is 0 Å². The van der Waals surface area contributed by atoms with Crippen molar-refractivity contribution in [1.29, 1.82) is 0 Å². The minimum absolute atomic E-state index is 0.170. The number of aldehydes is 1. The SMILES string of the molecule is O=CC(=O)CC(C(=O)O)C1CCCN1. The molecule has 0 saturated carbocycles. The number of ketones is 1. The highest BCUT2D eigenvalue weighted by Gasteiger charge is 2.31. The predicted octanol–water partition coefficient (Wildman–Crippen LogP) is -0.403. The Morgan fingerprint density at radius 3 is 2.71 bits per heavy atom. The number of rotatable bonds is 5. The summed E-state index contributed by atoms with van der Waals surface area (Å²) in [6.45, 7) is 0.781. The predicted molar refractivity (Wildman–Crippen MR) is 47.8 cm³/mol. The van der Waals surface area contributed by atoms with E-state index >= 15 is 0 Å². The van der Waals surface area contributed by atoms with Gasteiger partial charge in [-0.25, -0.2) is 0 Å². The first-order chi connectivity index (χ1) is 6.65. The van der Waals surface area contributed by atoms with E-state index in [-0.39, 0.29) is 18.7 Å². The minimum Gasteiger partial charge on any atom is -0.481 e. The Kier molecular flexibility index (Phi) is 3.76. The summed E-state index contributed by atoms with van der Waals surface area (Å²) in [6, 6.07) is -0.170. The maximum absolute atomic E-state index is 10.8. The lowest BCUT2D eigenvalue weighted by molar-refractivity contribution is -0.145. The van der Waals surface area contributed by atoms with Gasteiger partial charge >= 0.3 is 5.97 Å². The Labute approximate surface area is 81.5 Å². The van der Waals surface area contributed by atoms with Crippen LogP contribution < -0.4 is 5.32 Å². The van der Waals surface area contributed by atoms with Crippen molar-refractivity contribution in [2.45, 2.75) is 25.3 Å². The molecule has 0 aromatic heterocycles. The molecule has 1 heterocycles. The largest absolute Gasteiger partial charge is 0.481 e. The number of carboxylic acids is 1. The molecule has 0 radical (unpaired) electrons. The fourth-order valence-electron chi connectivity index (χ4n) is 1.72. The van der Waals surface area contributed by atoms with Gasteiger partial charge in [-0.2, -0.15) is 0 Å².